The summed E-state index contributed by atoms with van der Waals surface area (Å²) in [6.45, 7) is 6.57. The Morgan fingerprint density at radius 3 is 2.50 bits per heavy atom. The predicted molar refractivity (Wildman–Crippen MR) is 58.7 cm³/mol. The predicted octanol–water partition coefficient (Wildman–Crippen LogP) is 1.95. The van der Waals surface area contributed by atoms with Gasteiger partial charge in [-0.2, -0.15) is 0 Å². The van der Waals surface area contributed by atoms with Crippen molar-refractivity contribution < 1.29 is 4.79 Å². The number of carbonyl (C=O) groups excluding carboxylic acids is 1. The first kappa shape index (κ1) is 12.3. The van der Waals surface area contributed by atoms with Crippen LogP contribution in [-0.2, 0) is 4.79 Å². The van der Waals surface area contributed by atoms with Gasteiger partial charge in [-0.3, -0.25) is 4.79 Å². The van der Waals surface area contributed by atoms with Crippen molar-refractivity contribution in [3.63, 3.8) is 0 Å². The first-order chi connectivity index (χ1) is 5.50. The minimum atomic E-state index is -0.238. The Balaban J connectivity index is 3.54. The van der Waals surface area contributed by atoms with Crippen molar-refractivity contribution in [3.05, 3.63) is 0 Å². The molecule has 0 saturated carbocycles. The zero-order chi connectivity index (χ0) is 9.61. The second kappa shape index (κ2) is 5.89. The summed E-state index contributed by atoms with van der Waals surface area (Å²) in [4.78, 5) is 11.1. The van der Waals surface area contributed by atoms with Crippen LogP contribution in [0.4, 0.5) is 0 Å². The van der Waals surface area contributed by atoms with Gasteiger partial charge in [-0.25, -0.2) is 0 Å². The van der Waals surface area contributed by atoms with Gasteiger partial charge in [-0.05, 0) is 27.8 Å². The molecule has 1 N–H and O–H groups in total. The van der Waals surface area contributed by atoms with Crippen LogP contribution in [0.15, 0.2) is 0 Å². The zero-order valence-electron chi connectivity index (χ0n) is 8.14. The fourth-order valence-corrected chi connectivity index (χ4v) is 2.91. The first-order valence-electron chi connectivity index (χ1n) is 3.97. The van der Waals surface area contributed by atoms with Crippen LogP contribution in [0.2, 0.25) is 0 Å². The van der Waals surface area contributed by atoms with Crippen LogP contribution in [0, 0.1) is 0 Å². The van der Waals surface area contributed by atoms with E-state index in [1.165, 1.54) is 0 Å². The quantitative estimate of drug-likeness (QED) is 0.532. The van der Waals surface area contributed by atoms with E-state index in [2.05, 4.69) is 5.32 Å². The summed E-state index contributed by atoms with van der Waals surface area (Å²) in [5.74, 6) is 1.28. The van der Waals surface area contributed by atoms with E-state index >= 15 is 0 Å². The van der Waals surface area contributed by atoms with E-state index in [4.69, 9.17) is 0 Å². The van der Waals surface area contributed by atoms with E-state index in [9.17, 15) is 4.79 Å². The molecule has 0 unspecified atom stereocenters. The molecule has 0 heterocycles. The van der Waals surface area contributed by atoms with Gasteiger partial charge >= 0.3 is 0 Å². The van der Waals surface area contributed by atoms with Crippen molar-refractivity contribution in [2.45, 2.75) is 25.5 Å². The third-order valence-corrected chi connectivity index (χ3v) is 4.85. The minimum absolute atomic E-state index is 0.238. The topological polar surface area (TPSA) is 29.1 Å². The van der Waals surface area contributed by atoms with Crippen LogP contribution in [0.3, 0.4) is 0 Å². The maximum atomic E-state index is 11.1. The summed E-state index contributed by atoms with van der Waals surface area (Å²) in [6.07, 6.45) is 0. The lowest BCUT2D eigenvalue weighted by molar-refractivity contribution is -0.118. The van der Waals surface area contributed by atoms with Crippen LogP contribution in [0.1, 0.15) is 20.8 Å². The smallest absolute Gasteiger partial charge is 0.146 e. The van der Waals surface area contributed by atoms with Gasteiger partial charge in [0.1, 0.15) is 5.78 Å². The van der Waals surface area contributed by atoms with Crippen molar-refractivity contribution in [1.82, 2.24) is 5.32 Å². The Morgan fingerprint density at radius 1 is 1.50 bits per heavy atom. The molecule has 4 heteroatoms. The number of rotatable bonds is 6. The lowest BCUT2D eigenvalue weighted by Gasteiger charge is -2.18. The maximum Gasteiger partial charge on any atom is 0.146 e. The highest BCUT2D eigenvalue weighted by Crippen LogP contribution is 2.35. The fraction of sp³-hybridized carbons (Fsp3) is 0.875. The molecule has 0 bridgehead atoms. The van der Waals surface area contributed by atoms with Gasteiger partial charge in [0.25, 0.3) is 0 Å². The molecule has 0 amide bonds. The first-order valence-corrected chi connectivity index (χ1v) is 6.29. The van der Waals surface area contributed by atoms with Crippen molar-refractivity contribution in [2.24, 2.45) is 0 Å². The van der Waals surface area contributed by atoms with Gasteiger partial charge in [0.05, 0.1) is 4.75 Å². The normalized spacial score (nSPS) is 11.7. The van der Waals surface area contributed by atoms with Gasteiger partial charge in [-0.1, -0.05) is 21.6 Å². The highest BCUT2D eigenvalue weighted by atomic mass is 33.1. The highest BCUT2D eigenvalue weighted by Gasteiger charge is 2.24. The molecule has 0 aromatic carbocycles. The van der Waals surface area contributed by atoms with E-state index < -0.39 is 0 Å². The van der Waals surface area contributed by atoms with Crippen molar-refractivity contribution in [1.29, 1.82) is 0 Å². The number of carbonyl (C=O) groups is 1. The second-order valence-corrected chi connectivity index (χ2v) is 6.11. The standard InChI is InChI=1S/C8H17NOS2/c1-7(10)8(2,3)12-11-6-5-9-4/h9H,5-6H2,1-4H3. The van der Waals surface area contributed by atoms with Crippen molar-refractivity contribution in [2.75, 3.05) is 19.3 Å². The van der Waals surface area contributed by atoms with E-state index in [-0.39, 0.29) is 10.5 Å². The Labute approximate surface area is 82.7 Å². The minimum Gasteiger partial charge on any atom is -0.319 e. The molecule has 0 rings (SSSR count). The van der Waals surface area contributed by atoms with Gasteiger partial charge in [0.15, 0.2) is 0 Å². The Kier molecular flexibility index (Phi) is 6.05. The highest BCUT2D eigenvalue weighted by molar-refractivity contribution is 8.77. The van der Waals surface area contributed by atoms with E-state index in [1.54, 1.807) is 28.5 Å². The monoisotopic (exact) mass is 207 g/mol. The Morgan fingerprint density at radius 2 is 2.08 bits per heavy atom. The molecule has 72 valence electrons. The van der Waals surface area contributed by atoms with Crippen LogP contribution in [-0.4, -0.2) is 29.9 Å². The molecule has 0 aliphatic heterocycles. The maximum absolute atomic E-state index is 11.1. The summed E-state index contributed by atoms with van der Waals surface area (Å²) in [5, 5.41) is 3.06. The molecule has 12 heavy (non-hydrogen) atoms. The van der Waals surface area contributed by atoms with Crippen LogP contribution >= 0.6 is 21.6 Å². The summed E-state index contributed by atoms with van der Waals surface area (Å²) in [7, 11) is 5.33. The third-order valence-electron chi connectivity index (χ3n) is 1.55. The lowest BCUT2D eigenvalue weighted by atomic mass is 10.1. The summed E-state index contributed by atoms with van der Waals surface area (Å²) >= 11 is 0. The van der Waals surface area contributed by atoms with E-state index in [1.807, 2.05) is 20.9 Å². The average Bonchev–Trinajstić information content (AvgIpc) is 1.98. The number of hydrogen-bond donors (Lipinski definition) is 1. The molecule has 0 spiro atoms. The van der Waals surface area contributed by atoms with Crippen molar-refractivity contribution in [3.8, 4) is 0 Å². The van der Waals surface area contributed by atoms with Crippen molar-refractivity contribution >= 4 is 27.4 Å². The van der Waals surface area contributed by atoms with Gasteiger partial charge in [0, 0.05) is 12.3 Å². The van der Waals surface area contributed by atoms with E-state index in [0.29, 0.717) is 0 Å². The molecule has 0 radical (unpaired) electrons. The number of Topliss-reactive ketones (excluding diaryl/α,β-unsaturated/α-hetero) is 1. The number of hydrogen-bond acceptors (Lipinski definition) is 4. The summed E-state index contributed by atoms with van der Waals surface area (Å²) in [5.41, 5.74) is 0. The largest absolute Gasteiger partial charge is 0.319 e. The van der Waals surface area contributed by atoms with Crippen LogP contribution in [0.25, 0.3) is 0 Å². The Bertz CT molecular complexity index is 148. The molecule has 0 saturated heterocycles. The molecular formula is C8H17NOS2. The molecular weight excluding hydrogens is 190 g/mol. The average molecular weight is 207 g/mol. The lowest BCUT2D eigenvalue weighted by Crippen LogP contribution is -2.24. The number of nitrogens with one attached hydrogen (secondary N) is 1. The molecule has 0 atom stereocenters. The van der Waals surface area contributed by atoms with E-state index in [0.717, 1.165) is 12.3 Å². The molecule has 2 nitrogen and oxygen atoms in total. The molecule has 0 aliphatic carbocycles. The van der Waals surface area contributed by atoms with Crippen LogP contribution < -0.4 is 5.32 Å². The Hall–Kier alpha value is 0.330. The summed E-state index contributed by atoms with van der Waals surface area (Å²) in [6, 6.07) is 0. The molecule has 0 aromatic heterocycles. The SMILES string of the molecule is CNCCSSC(C)(C)C(C)=O. The third kappa shape index (κ3) is 5.06. The van der Waals surface area contributed by atoms with Crippen LogP contribution in [0.5, 0.6) is 0 Å². The molecule has 0 aromatic rings. The zero-order valence-corrected chi connectivity index (χ0v) is 9.77. The molecule has 0 aliphatic rings. The van der Waals surface area contributed by atoms with Gasteiger partial charge in [0.2, 0.25) is 0 Å². The van der Waals surface area contributed by atoms with Gasteiger partial charge < -0.3 is 5.32 Å². The second-order valence-electron chi connectivity index (χ2n) is 3.08. The number of ketones is 1. The summed E-state index contributed by atoms with van der Waals surface area (Å²) < 4.78 is -0.238. The molecule has 0 fully saturated rings. The fourth-order valence-electron chi connectivity index (χ4n) is 0.391. The van der Waals surface area contributed by atoms with Gasteiger partial charge in [-0.15, -0.1) is 0 Å².